The maximum absolute atomic E-state index is 10.8. The summed E-state index contributed by atoms with van der Waals surface area (Å²) in [5.74, 6) is 0.468. The maximum atomic E-state index is 10.8. The molecule has 0 bridgehead atoms. The van der Waals surface area contributed by atoms with Gasteiger partial charge < -0.3 is 28.4 Å². The van der Waals surface area contributed by atoms with Crippen LogP contribution in [0.4, 0.5) is 5.69 Å². The number of fused-ring (bicyclic) bond motifs is 1. The molecule has 22 heavy (non-hydrogen) atoms. The van der Waals surface area contributed by atoms with E-state index < -0.39 is 4.92 Å². The first-order valence-electron chi connectivity index (χ1n) is 6.72. The van der Waals surface area contributed by atoms with Crippen LogP contribution in [-0.4, -0.2) is 9.91 Å². The number of non-ortho nitro benzene ring substituents is 1. The van der Waals surface area contributed by atoms with E-state index >= 15 is 0 Å². The molecule has 0 saturated heterocycles. The van der Waals surface area contributed by atoms with Crippen molar-refractivity contribution in [1.82, 2.24) is 4.98 Å². The Morgan fingerprint density at radius 1 is 1.36 bits per heavy atom. The monoisotopic (exact) mass is 411 g/mol. The van der Waals surface area contributed by atoms with Crippen molar-refractivity contribution in [2.75, 3.05) is 0 Å². The molecular weight excluding hydrogens is 397 g/mol. The normalized spacial score (nSPS) is 10.4. The van der Waals surface area contributed by atoms with Gasteiger partial charge in [-0.15, -0.1) is 0 Å². The van der Waals surface area contributed by atoms with Crippen LogP contribution in [0, 0.1) is 10.1 Å². The topological polar surface area (TPSA) is 73.0 Å². The molecular formula is C15H14IN3O3. The number of hydrogen-bond acceptors (Lipinski definition) is 4. The van der Waals surface area contributed by atoms with E-state index in [9.17, 15) is 10.1 Å². The molecule has 6 nitrogen and oxygen atoms in total. The molecule has 0 atom stereocenters. The minimum Gasteiger partial charge on any atom is -1.00 e. The highest BCUT2D eigenvalue weighted by Gasteiger charge is 2.14. The molecule has 2 aromatic heterocycles. The van der Waals surface area contributed by atoms with E-state index in [2.05, 4.69) is 16.5 Å². The molecule has 0 fully saturated rings. The number of benzene rings is 1. The van der Waals surface area contributed by atoms with Crippen molar-refractivity contribution in [3.63, 3.8) is 0 Å². The van der Waals surface area contributed by atoms with Gasteiger partial charge in [-0.05, 0) is 12.1 Å². The molecule has 1 aromatic carbocycles. The van der Waals surface area contributed by atoms with E-state index in [-0.39, 0.29) is 29.7 Å². The molecule has 7 heteroatoms. The Hall–Kier alpha value is -2.03. The molecule has 3 rings (SSSR count). The maximum Gasteiger partial charge on any atom is 0.273 e. The van der Waals surface area contributed by atoms with Gasteiger partial charge in [0.25, 0.3) is 5.69 Å². The molecule has 114 valence electrons. The number of aromatic nitrogens is 2. The lowest BCUT2D eigenvalue weighted by atomic mass is 10.3. The molecule has 0 aliphatic rings. The lowest BCUT2D eigenvalue weighted by Gasteiger charge is -1.95. The summed E-state index contributed by atoms with van der Waals surface area (Å²) in [6.07, 6.45) is 4.98. The Morgan fingerprint density at radius 2 is 2.18 bits per heavy atom. The van der Waals surface area contributed by atoms with Crippen LogP contribution < -0.4 is 28.5 Å². The average molecular weight is 411 g/mol. The number of pyridine rings is 1. The predicted octanol–water partition coefficient (Wildman–Crippen LogP) is 0.104. The number of nitrogens with zero attached hydrogens (tertiary/aromatic N) is 3. The second-order valence-electron chi connectivity index (χ2n) is 4.76. The third kappa shape index (κ3) is 3.24. The number of aryl methyl sites for hydroxylation is 1. The van der Waals surface area contributed by atoms with Crippen molar-refractivity contribution in [3.8, 4) is 11.5 Å². The van der Waals surface area contributed by atoms with Crippen LogP contribution in [0.1, 0.15) is 13.3 Å². The lowest BCUT2D eigenvalue weighted by Crippen LogP contribution is -3.00. The van der Waals surface area contributed by atoms with E-state index in [0.717, 1.165) is 18.5 Å². The van der Waals surface area contributed by atoms with Gasteiger partial charge in [0.2, 0.25) is 5.89 Å². The highest BCUT2D eigenvalue weighted by Crippen LogP contribution is 2.26. The van der Waals surface area contributed by atoms with Crippen LogP contribution in [0.25, 0.3) is 22.6 Å². The van der Waals surface area contributed by atoms with E-state index in [0.29, 0.717) is 17.0 Å². The summed E-state index contributed by atoms with van der Waals surface area (Å²) in [4.78, 5) is 14.7. The van der Waals surface area contributed by atoms with Crippen molar-refractivity contribution >= 4 is 16.8 Å². The lowest BCUT2D eigenvalue weighted by molar-refractivity contribution is -0.696. The molecule has 0 amide bonds. The number of hydrogen-bond donors (Lipinski definition) is 0. The quantitative estimate of drug-likeness (QED) is 0.264. The van der Waals surface area contributed by atoms with Gasteiger partial charge >= 0.3 is 0 Å². The first-order valence-corrected chi connectivity index (χ1v) is 6.72. The molecule has 0 aliphatic carbocycles. The van der Waals surface area contributed by atoms with Gasteiger partial charge in [-0.1, -0.05) is 6.92 Å². The second kappa shape index (κ2) is 6.82. The van der Waals surface area contributed by atoms with Crippen LogP contribution in [0.15, 0.2) is 47.1 Å². The third-order valence-electron chi connectivity index (χ3n) is 3.17. The summed E-state index contributed by atoms with van der Waals surface area (Å²) < 4.78 is 7.71. The van der Waals surface area contributed by atoms with Crippen LogP contribution in [-0.2, 0) is 6.54 Å². The minimum atomic E-state index is -0.445. The van der Waals surface area contributed by atoms with Gasteiger partial charge in [0.05, 0.1) is 11.0 Å². The first kappa shape index (κ1) is 16.3. The van der Waals surface area contributed by atoms with Gasteiger partial charge in [0, 0.05) is 18.6 Å². The number of rotatable bonds is 4. The molecule has 0 radical (unpaired) electrons. The van der Waals surface area contributed by atoms with E-state index in [1.165, 1.54) is 12.1 Å². The molecule has 0 unspecified atom stereocenters. The van der Waals surface area contributed by atoms with Crippen LogP contribution >= 0.6 is 0 Å². The Balaban J connectivity index is 0.00000176. The minimum absolute atomic E-state index is 0. The summed E-state index contributed by atoms with van der Waals surface area (Å²) in [5.41, 5.74) is 1.88. The van der Waals surface area contributed by atoms with E-state index in [4.69, 9.17) is 4.42 Å². The van der Waals surface area contributed by atoms with Crippen molar-refractivity contribution in [1.29, 1.82) is 0 Å². The second-order valence-corrected chi connectivity index (χ2v) is 4.76. The molecule has 0 N–H and O–H groups in total. The summed E-state index contributed by atoms with van der Waals surface area (Å²) in [6.45, 7) is 3.03. The Labute approximate surface area is 144 Å². The van der Waals surface area contributed by atoms with Crippen molar-refractivity contribution in [2.24, 2.45) is 0 Å². The fraction of sp³-hybridized carbons (Fsp3) is 0.200. The number of nitro groups is 1. The number of halogens is 1. The van der Waals surface area contributed by atoms with Crippen molar-refractivity contribution in [3.05, 3.63) is 52.8 Å². The van der Waals surface area contributed by atoms with Crippen molar-refractivity contribution in [2.45, 2.75) is 19.9 Å². The van der Waals surface area contributed by atoms with Gasteiger partial charge in [-0.2, -0.15) is 0 Å². The van der Waals surface area contributed by atoms with Gasteiger partial charge in [-0.3, -0.25) is 10.1 Å². The molecule has 0 aliphatic heterocycles. The zero-order chi connectivity index (χ0) is 14.8. The SMILES string of the molecule is CCC[n+]1cccc(-c2nc3ccc([N+](=O)[O-])cc3o2)c1.[I-]. The average Bonchev–Trinajstić information content (AvgIpc) is 2.91. The van der Waals surface area contributed by atoms with Crippen LogP contribution in [0.5, 0.6) is 0 Å². The van der Waals surface area contributed by atoms with E-state index in [1.807, 2.05) is 24.5 Å². The fourth-order valence-corrected chi connectivity index (χ4v) is 2.20. The standard InChI is InChI=1S/C15H14N3O3.HI/c1-2-7-17-8-3-4-11(10-17)15-16-13-6-5-12(18(19)20)9-14(13)21-15;/h3-6,8-10H,2,7H2,1H3;1H/q+1;/p-1. The van der Waals surface area contributed by atoms with Gasteiger partial charge in [-0.25, -0.2) is 9.55 Å². The van der Waals surface area contributed by atoms with Gasteiger partial charge in [0.15, 0.2) is 18.0 Å². The largest absolute Gasteiger partial charge is 1.00 e. The fourth-order valence-electron chi connectivity index (χ4n) is 2.20. The van der Waals surface area contributed by atoms with Crippen LogP contribution in [0.3, 0.4) is 0 Å². The zero-order valence-electron chi connectivity index (χ0n) is 11.9. The Morgan fingerprint density at radius 3 is 2.91 bits per heavy atom. The third-order valence-corrected chi connectivity index (χ3v) is 3.17. The smallest absolute Gasteiger partial charge is 0.273 e. The summed E-state index contributed by atoms with van der Waals surface area (Å²) >= 11 is 0. The number of oxazole rings is 1. The van der Waals surface area contributed by atoms with Crippen molar-refractivity contribution < 1.29 is 37.9 Å². The summed E-state index contributed by atoms with van der Waals surface area (Å²) in [6, 6.07) is 8.27. The zero-order valence-corrected chi connectivity index (χ0v) is 14.1. The van der Waals surface area contributed by atoms with E-state index in [1.54, 1.807) is 6.07 Å². The molecule has 0 saturated carbocycles. The number of nitro benzene ring substituents is 1. The molecule has 0 spiro atoms. The Bertz CT molecular complexity index is 817. The highest BCUT2D eigenvalue weighted by molar-refractivity contribution is 5.78. The molecule has 2 heterocycles. The van der Waals surface area contributed by atoms with Crippen LogP contribution in [0.2, 0.25) is 0 Å². The highest BCUT2D eigenvalue weighted by atomic mass is 127. The summed E-state index contributed by atoms with van der Waals surface area (Å²) in [7, 11) is 0. The first-order chi connectivity index (χ1) is 10.2. The Kier molecular flexibility index (Phi) is 5.07. The predicted molar refractivity (Wildman–Crippen MR) is 76.6 cm³/mol. The molecule has 3 aromatic rings. The summed E-state index contributed by atoms with van der Waals surface area (Å²) in [5, 5.41) is 10.8. The van der Waals surface area contributed by atoms with Gasteiger partial charge in [0.1, 0.15) is 17.6 Å².